The van der Waals surface area contributed by atoms with Gasteiger partial charge in [0, 0.05) is 12.8 Å². The van der Waals surface area contributed by atoms with Crippen LogP contribution in [0.5, 0.6) is 0 Å². The van der Waals surface area contributed by atoms with Gasteiger partial charge in [0.2, 0.25) is 5.91 Å². The van der Waals surface area contributed by atoms with Crippen molar-refractivity contribution in [2.45, 2.75) is 315 Å². The molecule has 0 bridgehead atoms. The summed E-state index contributed by atoms with van der Waals surface area (Å²) in [5, 5.41) is 22.9. The van der Waals surface area contributed by atoms with E-state index in [4.69, 9.17) is 4.74 Å². The molecule has 0 aromatic heterocycles. The largest absolute Gasteiger partial charge is 0.466 e. The quantitative estimate of drug-likeness (QED) is 0.0321. The van der Waals surface area contributed by atoms with Gasteiger partial charge in [-0.3, -0.25) is 9.59 Å². The normalized spacial score (nSPS) is 12.9. The molecule has 0 radical (unpaired) electrons. The molecule has 65 heavy (non-hydrogen) atoms. The van der Waals surface area contributed by atoms with Gasteiger partial charge in [-0.1, -0.05) is 262 Å². The Bertz CT molecular complexity index is 1060. The summed E-state index contributed by atoms with van der Waals surface area (Å²) in [7, 11) is 0. The van der Waals surface area contributed by atoms with Crippen LogP contribution in [0.3, 0.4) is 0 Å². The van der Waals surface area contributed by atoms with E-state index in [0.29, 0.717) is 19.4 Å². The molecule has 2 atom stereocenters. The molecular weight excluding hydrogens is 803 g/mol. The monoisotopic (exact) mass is 914 g/mol. The molecule has 0 aliphatic heterocycles. The molecular formula is C59H111NO5. The van der Waals surface area contributed by atoms with Crippen LogP contribution in [0.15, 0.2) is 36.5 Å². The standard InChI is InChI=1S/C59H111NO5/c1-3-5-7-9-11-13-14-15-16-17-20-24-27-30-33-37-41-45-49-53-59(64)65-54-50-46-42-38-34-31-28-25-22-19-18-21-23-26-29-32-36-40-44-48-52-58(63)60-56(55-61)57(62)51-47-43-39-35-12-10-8-6-4-2/h11,13,15-16,47,51,56-57,61-62H,3-10,12,14,17-46,48-50,52-55H2,1-2H3,(H,60,63)/b13-11-,16-15-,51-47+. The van der Waals surface area contributed by atoms with E-state index < -0.39 is 12.1 Å². The van der Waals surface area contributed by atoms with Gasteiger partial charge in [0.15, 0.2) is 0 Å². The first-order valence-electron chi connectivity index (χ1n) is 28.8. The van der Waals surface area contributed by atoms with Crippen molar-refractivity contribution in [2.24, 2.45) is 0 Å². The number of aliphatic hydroxyl groups excluding tert-OH is 2. The average molecular weight is 915 g/mol. The van der Waals surface area contributed by atoms with Crippen LogP contribution in [0.4, 0.5) is 0 Å². The van der Waals surface area contributed by atoms with Crippen molar-refractivity contribution in [2.75, 3.05) is 13.2 Å². The third kappa shape index (κ3) is 51.3. The highest BCUT2D eigenvalue weighted by Gasteiger charge is 2.18. The third-order valence-electron chi connectivity index (χ3n) is 13.2. The molecule has 382 valence electrons. The maximum Gasteiger partial charge on any atom is 0.305 e. The molecule has 0 fully saturated rings. The summed E-state index contributed by atoms with van der Waals surface area (Å²) in [4.78, 5) is 24.5. The molecule has 2 unspecified atom stereocenters. The first-order valence-corrected chi connectivity index (χ1v) is 28.8. The van der Waals surface area contributed by atoms with Crippen molar-refractivity contribution < 1.29 is 24.5 Å². The van der Waals surface area contributed by atoms with Crippen molar-refractivity contribution in [1.82, 2.24) is 5.32 Å². The lowest BCUT2D eigenvalue weighted by atomic mass is 10.0. The highest BCUT2D eigenvalue weighted by Crippen LogP contribution is 2.17. The molecule has 6 heteroatoms. The van der Waals surface area contributed by atoms with Crippen LogP contribution < -0.4 is 5.32 Å². The van der Waals surface area contributed by atoms with E-state index in [9.17, 15) is 19.8 Å². The predicted molar refractivity (Wildman–Crippen MR) is 283 cm³/mol. The molecule has 0 aromatic carbocycles. The second kappa shape index (κ2) is 54.7. The van der Waals surface area contributed by atoms with Crippen LogP contribution in [0.25, 0.3) is 0 Å². The summed E-state index contributed by atoms with van der Waals surface area (Å²) in [6.07, 6.45) is 67.5. The van der Waals surface area contributed by atoms with Crippen LogP contribution in [0.1, 0.15) is 303 Å². The Morgan fingerprint density at radius 1 is 0.431 bits per heavy atom. The molecule has 0 spiro atoms. The van der Waals surface area contributed by atoms with Crippen LogP contribution in [-0.2, 0) is 14.3 Å². The van der Waals surface area contributed by atoms with E-state index in [0.717, 1.165) is 51.4 Å². The zero-order valence-corrected chi connectivity index (χ0v) is 43.5. The first-order chi connectivity index (χ1) is 32.0. The van der Waals surface area contributed by atoms with Gasteiger partial charge in [-0.15, -0.1) is 0 Å². The van der Waals surface area contributed by atoms with Crippen molar-refractivity contribution >= 4 is 11.9 Å². The Labute approximate surface area is 404 Å². The minimum absolute atomic E-state index is 0.00569. The van der Waals surface area contributed by atoms with Crippen LogP contribution >= 0.6 is 0 Å². The number of hydrogen-bond acceptors (Lipinski definition) is 5. The number of aliphatic hydroxyl groups is 2. The highest BCUT2D eigenvalue weighted by molar-refractivity contribution is 5.76. The number of allylic oxidation sites excluding steroid dienone is 5. The Morgan fingerprint density at radius 2 is 0.769 bits per heavy atom. The number of ether oxygens (including phenoxy) is 1. The lowest BCUT2D eigenvalue weighted by Crippen LogP contribution is -2.45. The molecule has 3 N–H and O–H groups in total. The summed E-state index contributed by atoms with van der Waals surface area (Å²) in [6.45, 7) is 4.85. The molecule has 1 amide bonds. The number of nitrogens with one attached hydrogen (secondary N) is 1. The number of carbonyl (C=O) groups is 2. The van der Waals surface area contributed by atoms with Crippen molar-refractivity contribution in [1.29, 1.82) is 0 Å². The second-order valence-electron chi connectivity index (χ2n) is 19.6. The number of hydrogen-bond donors (Lipinski definition) is 3. The Balaban J connectivity index is 3.37. The van der Waals surface area contributed by atoms with Crippen molar-refractivity contribution in [3.05, 3.63) is 36.5 Å². The topological polar surface area (TPSA) is 95.9 Å². The number of amides is 1. The number of unbranched alkanes of at least 4 members (excludes halogenated alkanes) is 38. The summed E-state index contributed by atoms with van der Waals surface area (Å²) < 4.78 is 5.49. The van der Waals surface area contributed by atoms with E-state index in [1.165, 1.54) is 225 Å². The van der Waals surface area contributed by atoms with Gasteiger partial charge < -0.3 is 20.3 Å². The molecule has 0 heterocycles. The fourth-order valence-corrected chi connectivity index (χ4v) is 8.72. The van der Waals surface area contributed by atoms with Crippen LogP contribution in [-0.4, -0.2) is 47.4 Å². The third-order valence-corrected chi connectivity index (χ3v) is 13.2. The summed E-state index contributed by atoms with van der Waals surface area (Å²) in [5.74, 6) is -0.0669. The SMILES string of the molecule is CCCCC/C=C\C/C=C\CCCCCCCCCCCC(=O)OCCCCCCCCCCCCCCCCCCCCCCC(=O)NC(CO)C(O)/C=C/CCCCCCCCC. The molecule has 0 saturated carbocycles. The smallest absolute Gasteiger partial charge is 0.305 e. The zero-order chi connectivity index (χ0) is 47.2. The van der Waals surface area contributed by atoms with Crippen molar-refractivity contribution in [3.8, 4) is 0 Å². The molecule has 6 nitrogen and oxygen atoms in total. The predicted octanol–water partition coefficient (Wildman–Crippen LogP) is 17.6. The van der Waals surface area contributed by atoms with Gasteiger partial charge in [-0.05, 0) is 64.2 Å². The van der Waals surface area contributed by atoms with E-state index in [1.54, 1.807) is 6.08 Å². The lowest BCUT2D eigenvalue weighted by molar-refractivity contribution is -0.143. The number of esters is 1. The molecule has 0 rings (SSSR count). The number of rotatable bonds is 53. The van der Waals surface area contributed by atoms with Gasteiger partial charge in [-0.2, -0.15) is 0 Å². The van der Waals surface area contributed by atoms with E-state index in [1.807, 2.05) is 6.08 Å². The van der Waals surface area contributed by atoms with E-state index in [-0.39, 0.29) is 18.5 Å². The Hall–Kier alpha value is -1.92. The fraction of sp³-hybridized carbons (Fsp3) is 0.864. The van der Waals surface area contributed by atoms with Crippen LogP contribution in [0, 0.1) is 0 Å². The molecule has 0 aliphatic carbocycles. The van der Waals surface area contributed by atoms with Crippen molar-refractivity contribution in [3.63, 3.8) is 0 Å². The number of carbonyl (C=O) groups excluding carboxylic acids is 2. The lowest BCUT2D eigenvalue weighted by Gasteiger charge is -2.20. The zero-order valence-electron chi connectivity index (χ0n) is 43.5. The minimum atomic E-state index is -0.843. The van der Waals surface area contributed by atoms with Gasteiger partial charge >= 0.3 is 5.97 Å². The minimum Gasteiger partial charge on any atom is -0.466 e. The molecule has 0 aliphatic rings. The fourth-order valence-electron chi connectivity index (χ4n) is 8.72. The molecule has 0 saturated heterocycles. The van der Waals surface area contributed by atoms with E-state index >= 15 is 0 Å². The average Bonchev–Trinajstić information content (AvgIpc) is 3.31. The van der Waals surface area contributed by atoms with Gasteiger partial charge in [0.25, 0.3) is 0 Å². The summed E-state index contributed by atoms with van der Waals surface area (Å²) >= 11 is 0. The maximum atomic E-state index is 12.4. The maximum absolute atomic E-state index is 12.4. The van der Waals surface area contributed by atoms with Gasteiger partial charge in [0.05, 0.1) is 25.4 Å². The first kappa shape index (κ1) is 63.1. The Morgan fingerprint density at radius 3 is 1.20 bits per heavy atom. The van der Waals surface area contributed by atoms with Crippen LogP contribution in [0.2, 0.25) is 0 Å². The van der Waals surface area contributed by atoms with E-state index in [2.05, 4.69) is 43.5 Å². The summed E-state index contributed by atoms with van der Waals surface area (Å²) in [5.41, 5.74) is 0. The van der Waals surface area contributed by atoms with Gasteiger partial charge in [0.1, 0.15) is 0 Å². The molecule has 0 aromatic rings. The Kier molecular flexibility index (Phi) is 53.1. The summed E-state index contributed by atoms with van der Waals surface area (Å²) in [6, 6.07) is -0.627. The highest BCUT2D eigenvalue weighted by atomic mass is 16.5. The second-order valence-corrected chi connectivity index (χ2v) is 19.6. The van der Waals surface area contributed by atoms with Gasteiger partial charge in [-0.25, -0.2) is 0 Å².